The Balaban J connectivity index is 3.06. The van der Waals surface area contributed by atoms with Crippen molar-refractivity contribution in [2.75, 3.05) is 0 Å². The van der Waals surface area contributed by atoms with Crippen molar-refractivity contribution in [3.63, 3.8) is 0 Å². The SMILES string of the molecule is CC(C)(C)N(N)C(=O)c1ccc(Cl)cc1Cl. The summed E-state index contributed by atoms with van der Waals surface area (Å²) in [6, 6.07) is 4.70. The molecule has 88 valence electrons. The molecule has 0 fully saturated rings. The fourth-order valence-corrected chi connectivity index (χ4v) is 1.59. The molecule has 1 amide bonds. The molecule has 0 aromatic heterocycles. The molecular formula is C11H14Cl2N2O. The van der Waals surface area contributed by atoms with Crippen LogP contribution in [0, 0.1) is 0 Å². The molecule has 1 rings (SSSR count). The van der Waals surface area contributed by atoms with E-state index in [1.807, 2.05) is 20.8 Å². The Morgan fingerprint density at radius 1 is 1.31 bits per heavy atom. The summed E-state index contributed by atoms with van der Waals surface area (Å²) in [5.41, 5.74) is -0.108. The molecular weight excluding hydrogens is 247 g/mol. The highest BCUT2D eigenvalue weighted by atomic mass is 35.5. The Labute approximate surface area is 105 Å². The van der Waals surface area contributed by atoms with E-state index >= 15 is 0 Å². The molecule has 0 aliphatic carbocycles. The van der Waals surface area contributed by atoms with Crippen LogP contribution in [0.3, 0.4) is 0 Å². The van der Waals surface area contributed by atoms with Gasteiger partial charge in [0.15, 0.2) is 0 Å². The van der Waals surface area contributed by atoms with Crippen LogP contribution in [-0.4, -0.2) is 16.5 Å². The zero-order valence-corrected chi connectivity index (χ0v) is 10.9. The Hall–Kier alpha value is -0.770. The first-order chi connectivity index (χ1) is 7.23. The van der Waals surface area contributed by atoms with Gasteiger partial charge in [0.2, 0.25) is 0 Å². The van der Waals surface area contributed by atoms with Crippen molar-refractivity contribution in [2.24, 2.45) is 5.84 Å². The molecule has 0 radical (unpaired) electrons. The average molecular weight is 261 g/mol. The molecule has 0 saturated carbocycles. The largest absolute Gasteiger partial charge is 0.271 e. The maximum atomic E-state index is 12.0. The Morgan fingerprint density at radius 3 is 2.31 bits per heavy atom. The van der Waals surface area contributed by atoms with Crippen molar-refractivity contribution in [2.45, 2.75) is 26.3 Å². The third kappa shape index (κ3) is 2.88. The normalized spacial score (nSPS) is 11.4. The van der Waals surface area contributed by atoms with Crippen LogP contribution in [-0.2, 0) is 0 Å². The minimum Gasteiger partial charge on any atom is -0.271 e. The highest BCUT2D eigenvalue weighted by Crippen LogP contribution is 2.23. The van der Waals surface area contributed by atoms with Crippen molar-refractivity contribution >= 4 is 29.1 Å². The van der Waals surface area contributed by atoms with E-state index in [9.17, 15) is 4.79 Å². The van der Waals surface area contributed by atoms with Gasteiger partial charge in [0.25, 0.3) is 5.91 Å². The van der Waals surface area contributed by atoms with Gasteiger partial charge in [-0.05, 0) is 39.0 Å². The number of rotatable bonds is 1. The zero-order chi connectivity index (χ0) is 12.5. The topological polar surface area (TPSA) is 46.3 Å². The van der Waals surface area contributed by atoms with E-state index in [0.29, 0.717) is 15.6 Å². The van der Waals surface area contributed by atoms with Gasteiger partial charge in [-0.1, -0.05) is 23.2 Å². The van der Waals surface area contributed by atoms with Crippen LogP contribution >= 0.6 is 23.2 Å². The fourth-order valence-electron chi connectivity index (χ4n) is 1.10. The van der Waals surface area contributed by atoms with E-state index in [4.69, 9.17) is 29.0 Å². The molecule has 0 heterocycles. The Bertz CT molecular complexity index is 413. The third-order valence-corrected chi connectivity index (χ3v) is 2.65. The predicted molar refractivity (Wildman–Crippen MR) is 66.6 cm³/mol. The zero-order valence-electron chi connectivity index (χ0n) is 9.42. The second-order valence-corrected chi connectivity index (χ2v) is 5.31. The average Bonchev–Trinajstić information content (AvgIpc) is 2.14. The highest BCUT2D eigenvalue weighted by molar-refractivity contribution is 6.36. The number of benzene rings is 1. The smallest absolute Gasteiger partial charge is 0.269 e. The number of carbonyl (C=O) groups excluding carboxylic acids is 1. The first-order valence-corrected chi connectivity index (χ1v) is 5.53. The van der Waals surface area contributed by atoms with Gasteiger partial charge in [0.1, 0.15) is 0 Å². The molecule has 5 heteroatoms. The number of halogens is 2. The van der Waals surface area contributed by atoms with E-state index in [2.05, 4.69) is 0 Å². The Morgan fingerprint density at radius 2 is 1.88 bits per heavy atom. The first kappa shape index (κ1) is 13.3. The number of hydrazine groups is 1. The lowest BCUT2D eigenvalue weighted by atomic mass is 10.1. The van der Waals surface area contributed by atoms with Gasteiger partial charge < -0.3 is 0 Å². The van der Waals surface area contributed by atoms with Crippen molar-refractivity contribution in [3.05, 3.63) is 33.8 Å². The van der Waals surface area contributed by atoms with Gasteiger partial charge in [0.05, 0.1) is 16.1 Å². The quantitative estimate of drug-likeness (QED) is 0.479. The number of nitrogens with zero attached hydrogens (tertiary/aromatic N) is 1. The van der Waals surface area contributed by atoms with Gasteiger partial charge in [-0.3, -0.25) is 9.80 Å². The standard InChI is InChI=1S/C11H14Cl2N2O/c1-11(2,3)15(14)10(16)8-5-4-7(12)6-9(8)13/h4-6H,14H2,1-3H3. The fraction of sp³-hybridized carbons (Fsp3) is 0.364. The number of nitrogens with two attached hydrogens (primary N) is 1. The van der Waals surface area contributed by atoms with Crippen LogP contribution in [0.25, 0.3) is 0 Å². The van der Waals surface area contributed by atoms with Crippen LogP contribution in [0.15, 0.2) is 18.2 Å². The minimum atomic E-state index is -0.458. The van der Waals surface area contributed by atoms with Crippen molar-refractivity contribution < 1.29 is 4.79 Å². The number of hydrogen-bond acceptors (Lipinski definition) is 2. The second kappa shape index (κ2) is 4.62. The van der Waals surface area contributed by atoms with E-state index in [1.165, 1.54) is 6.07 Å². The van der Waals surface area contributed by atoms with Gasteiger partial charge in [-0.25, -0.2) is 5.84 Å². The van der Waals surface area contributed by atoms with Crippen LogP contribution < -0.4 is 5.84 Å². The van der Waals surface area contributed by atoms with E-state index in [-0.39, 0.29) is 5.91 Å². The predicted octanol–water partition coefficient (Wildman–Crippen LogP) is 3.11. The van der Waals surface area contributed by atoms with E-state index in [1.54, 1.807) is 12.1 Å². The van der Waals surface area contributed by atoms with Crippen molar-refractivity contribution in [1.82, 2.24) is 5.01 Å². The summed E-state index contributed by atoms with van der Waals surface area (Å²) >= 11 is 11.7. The minimum absolute atomic E-state index is 0.303. The molecule has 0 bridgehead atoms. The maximum Gasteiger partial charge on any atom is 0.269 e. The summed E-state index contributed by atoms with van der Waals surface area (Å²) in [6.07, 6.45) is 0. The molecule has 0 aliphatic rings. The monoisotopic (exact) mass is 260 g/mol. The van der Waals surface area contributed by atoms with Crippen molar-refractivity contribution in [3.8, 4) is 0 Å². The van der Waals surface area contributed by atoms with Gasteiger partial charge in [0, 0.05) is 5.02 Å². The lowest BCUT2D eigenvalue weighted by Crippen LogP contribution is -2.50. The first-order valence-electron chi connectivity index (χ1n) is 4.78. The van der Waals surface area contributed by atoms with Crippen LogP contribution in [0.5, 0.6) is 0 Å². The van der Waals surface area contributed by atoms with E-state index < -0.39 is 5.54 Å². The lowest BCUT2D eigenvalue weighted by molar-refractivity contribution is 0.0582. The summed E-state index contributed by atoms with van der Waals surface area (Å²) in [4.78, 5) is 12.0. The van der Waals surface area contributed by atoms with Gasteiger partial charge >= 0.3 is 0 Å². The molecule has 0 atom stereocenters. The van der Waals surface area contributed by atoms with E-state index in [0.717, 1.165) is 5.01 Å². The molecule has 0 spiro atoms. The highest BCUT2D eigenvalue weighted by Gasteiger charge is 2.25. The molecule has 16 heavy (non-hydrogen) atoms. The second-order valence-electron chi connectivity index (χ2n) is 4.47. The van der Waals surface area contributed by atoms with Crippen LogP contribution in [0.2, 0.25) is 10.0 Å². The third-order valence-electron chi connectivity index (χ3n) is 2.10. The summed E-state index contributed by atoms with van der Waals surface area (Å²) in [7, 11) is 0. The molecule has 1 aromatic rings. The molecule has 0 saturated heterocycles. The molecule has 0 aliphatic heterocycles. The lowest BCUT2D eigenvalue weighted by Gasteiger charge is -2.31. The number of amides is 1. The molecule has 3 nitrogen and oxygen atoms in total. The maximum absolute atomic E-state index is 12.0. The summed E-state index contributed by atoms with van der Waals surface area (Å²) in [5.74, 6) is 5.40. The molecule has 0 unspecified atom stereocenters. The molecule has 2 N–H and O–H groups in total. The van der Waals surface area contributed by atoms with Crippen molar-refractivity contribution in [1.29, 1.82) is 0 Å². The summed E-state index contributed by atoms with van der Waals surface area (Å²) < 4.78 is 0. The summed E-state index contributed by atoms with van der Waals surface area (Å²) in [5, 5.41) is 1.94. The van der Waals surface area contributed by atoms with Gasteiger partial charge in [-0.15, -0.1) is 0 Å². The van der Waals surface area contributed by atoms with Gasteiger partial charge in [-0.2, -0.15) is 0 Å². The van der Waals surface area contributed by atoms with Crippen LogP contribution in [0.1, 0.15) is 31.1 Å². The van der Waals surface area contributed by atoms with Crippen LogP contribution in [0.4, 0.5) is 0 Å². The number of hydrogen-bond donors (Lipinski definition) is 1. The molecule has 1 aromatic carbocycles. The Kier molecular flexibility index (Phi) is 3.84. The summed E-state index contributed by atoms with van der Waals surface area (Å²) in [6.45, 7) is 5.53. The number of carbonyl (C=O) groups is 1.